The fourth-order valence-electron chi connectivity index (χ4n) is 3.49. The van der Waals surface area contributed by atoms with Gasteiger partial charge in [0.15, 0.2) is 11.7 Å². The minimum absolute atomic E-state index is 0.0505. The van der Waals surface area contributed by atoms with Gasteiger partial charge >= 0.3 is 6.18 Å². The third-order valence-corrected chi connectivity index (χ3v) is 6.40. The van der Waals surface area contributed by atoms with Crippen molar-refractivity contribution in [1.29, 1.82) is 0 Å². The fraction of sp³-hybridized carbons (Fsp3) is 0.300. The number of anilines is 2. The molecule has 7 nitrogen and oxygen atoms in total. The second-order valence-electron chi connectivity index (χ2n) is 6.98. The second-order valence-corrected chi connectivity index (χ2v) is 8.34. The van der Waals surface area contributed by atoms with Gasteiger partial charge < -0.3 is 20.1 Å². The topological polar surface area (TPSA) is 77.4 Å². The van der Waals surface area contributed by atoms with Gasteiger partial charge in [0.05, 0.1) is 25.9 Å². The summed E-state index contributed by atoms with van der Waals surface area (Å²) in [6.45, 7) is 0. The van der Waals surface area contributed by atoms with E-state index in [1.807, 2.05) is 0 Å². The first-order valence-corrected chi connectivity index (χ1v) is 10.7. The van der Waals surface area contributed by atoms with Gasteiger partial charge in [0.2, 0.25) is 0 Å². The number of alkyl halides is 3. The first-order chi connectivity index (χ1) is 15.2. The molecule has 32 heavy (non-hydrogen) atoms. The molecule has 1 amide bonds. The quantitative estimate of drug-likeness (QED) is 0.496. The number of halogens is 4. The number of ether oxygens (including phenoxy) is 2. The zero-order chi connectivity index (χ0) is 23.0. The molecule has 0 aliphatic carbocycles. The van der Waals surface area contributed by atoms with Gasteiger partial charge in [-0.2, -0.15) is 18.3 Å². The molecule has 2 aromatic heterocycles. The van der Waals surface area contributed by atoms with Crippen LogP contribution in [-0.4, -0.2) is 36.1 Å². The summed E-state index contributed by atoms with van der Waals surface area (Å²) in [6, 6.07) is 5.68. The lowest BCUT2D eigenvalue weighted by Crippen LogP contribution is -2.35. The highest BCUT2D eigenvalue weighted by molar-refractivity contribution is 7.10. The highest BCUT2D eigenvalue weighted by Gasteiger charge is 2.48. The van der Waals surface area contributed by atoms with Crippen molar-refractivity contribution in [1.82, 2.24) is 9.78 Å². The zero-order valence-electron chi connectivity index (χ0n) is 16.9. The van der Waals surface area contributed by atoms with Crippen LogP contribution >= 0.6 is 22.9 Å². The lowest BCUT2D eigenvalue weighted by Gasteiger charge is -2.32. The number of carbonyl (C=O) groups excluding carboxylic acids is 1. The number of hydrogen-bond donors (Lipinski definition) is 2. The van der Waals surface area contributed by atoms with Crippen LogP contribution in [0, 0.1) is 0 Å². The van der Waals surface area contributed by atoms with Crippen molar-refractivity contribution >= 4 is 40.4 Å². The summed E-state index contributed by atoms with van der Waals surface area (Å²) in [5.41, 5.74) is -0.0368. The molecule has 0 radical (unpaired) electrons. The lowest BCUT2D eigenvalue weighted by atomic mass is 10.0. The molecule has 1 aliphatic rings. The molecule has 3 aromatic rings. The summed E-state index contributed by atoms with van der Waals surface area (Å²) in [6.07, 6.45) is -4.85. The molecule has 3 heterocycles. The number of hydrogen-bond acceptors (Lipinski definition) is 6. The van der Waals surface area contributed by atoms with Gasteiger partial charge in [-0.3, -0.25) is 4.79 Å². The maximum Gasteiger partial charge on any atom is 0.410 e. The van der Waals surface area contributed by atoms with Crippen LogP contribution in [0.1, 0.15) is 33.9 Å². The summed E-state index contributed by atoms with van der Waals surface area (Å²) in [5.74, 6) is -0.00438. The SMILES string of the molecule is COc1ccc(NC(=O)c2nn3c(c2Cl)N[C@H](c2cccs2)C[C@@H]3C(F)(F)F)c(OC)c1. The molecule has 0 saturated heterocycles. The Labute approximate surface area is 190 Å². The van der Waals surface area contributed by atoms with E-state index < -0.39 is 24.2 Å². The van der Waals surface area contributed by atoms with Crippen LogP contribution in [0.4, 0.5) is 24.7 Å². The van der Waals surface area contributed by atoms with E-state index in [0.29, 0.717) is 11.5 Å². The summed E-state index contributed by atoms with van der Waals surface area (Å²) in [5, 5.41) is 11.1. The third kappa shape index (κ3) is 4.09. The van der Waals surface area contributed by atoms with Gasteiger partial charge in [-0.15, -0.1) is 11.3 Å². The molecule has 170 valence electrons. The molecule has 0 bridgehead atoms. The van der Waals surface area contributed by atoms with Crippen molar-refractivity contribution in [3.8, 4) is 11.5 Å². The number of aromatic nitrogens is 2. The molecule has 2 atom stereocenters. The van der Waals surface area contributed by atoms with Crippen LogP contribution < -0.4 is 20.1 Å². The highest BCUT2D eigenvalue weighted by Crippen LogP contribution is 2.47. The third-order valence-electron chi connectivity index (χ3n) is 5.05. The van der Waals surface area contributed by atoms with Crippen molar-refractivity contribution < 1.29 is 27.4 Å². The number of methoxy groups -OCH3 is 2. The number of amides is 1. The average molecular weight is 487 g/mol. The number of carbonyl (C=O) groups is 1. The minimum Gasteiger partial charge on any atom is -0.497 e. The smallest absolute Gasteiger partial charge is 0.410 e. The van der Waals surface area contributed by atoms with E-state index in [1.54, 1.807) is 35.7 Å². The second kappa shape index (κ2) is 8.55. The Morgan fingerprint density at radius 3 is 2.72 bits per heavy atom. The van der Waals surface area contributed by atoms with Crippen molar-refractivity contribution in [2.45, 2.75) is 24.7 Å². The van der Waals surface area contributed by atoms with E-state index in [2.05, 4.69) is 15.7 Å². The van der Waals surface area contributed by atoms with E-state index in [1.165, 1.54) is 25.6 Å². The van der Waals surface area contributed by atoms with E-state index in [4.69, 9.17) is 21.1 Å². The fourth-order valence-corrected chi connectivity index (χ4v) is 4.55. The summed E-state index contributed by atoms with van der Waals surface area (Å²) < 4.78 is 52.6. The van der Waals surface area contributed by atoms with Gasteiger partial charge in [-0.05, 0) is 23.6 Å². The number of benzene rings is 1. The molecular formula is C20H18ClF3N4O3S. The van der Waals surface area contributed by atoms with E-state index >= 15 is 0 Å². The summed E-state index contributed by atoms with van der Waals surface area (Å²) in [4.78, 5) is 13.6. The first kappa shape index (κ1) is 22.3. The number of fused-ring (bicyclic) bond motifs is 1. The molecule has 0 spiro atoms. The predicted molar refractivity (Wildman–Crippen MR) is 115 cm³/mol. The van der Waals surface area contributed by atoms with E-state index in [-0.39, 0.29) is 28.6 Å². The van der Waals surface area contributed by atoms with Crippen LogP contribution in [-0.2, 0) is 0 Å². The van der Waals surface area contributed by atoms with Crippen molar-refractivity contribution in [3.05, 3.63) is 51.3 Å². The lowest BCUT2D eigenvalue weighted by molar-refractivity contribution is -0.173. The number of nitrogens with one attached hydrogen (secondary N) is 2. The number of thiophene rings is 1. The first-order valence-electron chi connectivity index (χ1n) is 9.41. The normalized spacial score (nSPS) is 17.9. The van der Waals surface area contributed by atoms with Gasteiger partial charge in [-0.25, -0.2) is 4.68 Å². The summed E-state index contributed by atoms with van der Waals surface area (Å²) >= 11 is 7.68. The molecule has 1 aromatic carbocycles. The Bertz CT molecular complexity index is 1130. The van der Waals surface area contributed by atoms with Crippen molar-refractivity contribution in [3.63, 3.8) is 0 Å². The maximum absolute atomic E-state index is 13.8. The van der Waals surface area contributed by atoms with Crippen LogP contribution in [0.15, 0.2) is 35.7 Å². The van der Waals surface area contributed by atoms with Crippen LogP contribution in [0.3, 0.4) is 0 Å². The monoisotopic (exact) mass is 486 g/mol. The van der Waals surface area contributed by atoms with Gasteiger partial charge in [0, 0.05) is 17.4 Å². The van der Waals surface area contributed by atoms with E-state index in [0.717, 1.165) is 9.56 Å². The van der Waals surface area contributed by atoms with Gasteiger partial charge in [-0.1, -0.05) is 17.7 Å². The highest BCUT2D eigenvalue weighted by atomic mass is 35.5. The number of nitrogens with zero attached hydrogens (tertiary/aromatic N) is 2. The standard InChI is InChI=1S/C20H18ClF3N4O3S/c1-30-10-5-6-11(13(8-10)31-2)26-19(29)17-16(21)18-25-12(14-4-3-7-32-14)9-15(20(22,23)24)28(18)27-17/h3-8,12,15,25H,9H2,1-2H3,(H,26,29)/t12-,15+/m0/s1. The molecule has 0 saturated carbocycles. The Morgan fingerprint density at radius 2 is 2.09 bits per heavy atom. The maximum atomic E-state index is 13.8. The Balaban J connectivity index is 1.68. The number of rotatable bonds is 5. The molecule has 4 rings (SSSR count). The predicted octanol–water partition coefficient (Wildman–Crippen LogP) is 5.53. The molecule has 0 unspecified atom stereocenters. The Morgan fingerprint density at radius 1 is 1.31 bits per heavy atom. The largest absolute Gasteiger partial charge is 0.497 e. The Hall–Kier alpha value is -2.92. The molecule has 12 heteroatoms. The van der Waals surface area contributed by atoms with Gasteiger partial charge in [0.1, 0.15) is 22.3 Å². The molecule has 0 fully saturated rings. The van der Waals surface area contributed by atoms with Crippen LogP contribution in [0.5, 0.6) is 11.5 Å². The molecular weight excluding hydrogens is 469 g/mol. The zero-order valence-corrected chi connectivity index (χ0v) is 18.4. The summed E-state index contributed by atoms with van der Waals surface area (Å²) in [7, 11) is 2.89. The molecule has 2 N–H and O–H groups in total. The minimum atomic E-state index is -4.57. The van der Waals surface area contributed by atoms with Crippen molar-refractivity contribution in [2.75, 3.05) is 24.9 Å². The average Bonchev–Trinajstić information content (AvgIpc) is 3.41. The van der Waals surface area contributed by atoms with Gasteiger partial charge in [0.25, 0.3) is 5.91 Å². The molecule has 1 aliphatic heterocycles. The van der Waals surface area contributed by atoms with Crippen LogP contribution in [0.25, 0.3) is 0 Å². The Kier molecular flexibility index (Phi) is 5.95. The van der Waals surface area contributed by atoms with Crippen LogP contribution in [0.2, 0.25) is 5.02 Å². The van der Waals surface area contributed by atoms with E-state index in [9.17, 15) is 18.0 Å². The van der Waals surface area contributed by atoms with Crippen molar-refractivity contribution in [2.24, 2.45) is 0 Å².